The second-order valence-corrected chi connectivity index (χ2v) is 5.95. The zero-order valence-electron chi connectivity index (χ0n) is 11.9. The van der Waals surface area contributed by atoms with Crippen molar-refractivity contribution in [3.63, 3.8) is 0 Å². The van der Waals surface area contributed by atoms with Crippen LogP contribution in [-0.4, -0.2) is 63.2 Å². The summed E-state index contributed by atoms with van der Waals surface area (Å²) in [6, 6.07) is 0. The van der Waals surface area contributed by atoms with Gasteiger partial charge >= 0.3 is 0 Å². The van der Waals surface area contributed by atoms with Crippen molar-refractivity contribution in [2.24, 2.45) is 5.92 Å². The van der Waals surface area contributed by atoms with E-state index in [9.17, 15) is 10.3 Å². The molecule has 1 aromatic heterocycles. The number of hydrogen-bond donors (Lipinski definition) is 1. The number of nitrogens with zero attached hydrogens (tertiary/aromatic N) is 4. The molecule has 114 valence electrons. The van der Waals surface area contributed by atoms with Gasteiger partial charge in [-0.3, -0.25) is 0 Å². The van der Waals surface area contributed by atoms with E-state index in [-0.39, 0.29) is 5.92 Å². The molecule has 0 aromatic carbocycles. The summed E-state index contributed by atoms with van der Waals surface area (Å²) in [5, 5.41) is 31.7. The Morgan fingerprint density at radius 1 is 1.33 bits per heavy atom. The Kier molecular flexibility index (Phi) is 2.82. The van der Waals surface area contributed by atoms with Gasteiger partial charge in [-0.2, -0.15) is 4.74 Å². The molecule has 3 aliphatic rings. The van der Waals surface area contributed by atoms with Crippen molar-refractivity contribution in [1.82, 2.24) is 15.2 Å². The second-order valence-electron chi connectivity index (χ2n) is 5.95. The number of hydrogen-bond acceptors (Lipinski definition) is 7. The lowest BCUT2D eigenvalue weighted by atomic mass is 9.76. The molecule has 1 fully saturated rings. The molecule has 2 aliphatic heterocycles. The quantitative estimate of drug-likeness (QED) is 0.549. The predicted octanol–water partition coefficient (Wildman–Crippen LogP) is -0.537. The topological polar surface area (TPSA) is 97.7 Å². The molecule has 8 nitrogen and oxygen atoms in total. The minimum atomic E-state index is -1.36. The Labute approximate surface area is 121 Å². The number of aryl methyl sites for hydroxylation is 1. The van der Waals surface area contributed by atoms with E-state index in [0.29, 0.717) is 56.2 Å². The monoisotopic (exact) mass is 294 g/mol. The Morgan fingerprint density at radius 2 is 2.10 bits per heavy atom. The van der Waals surface area contributed by atoms with Gasteiger partial charge in [0.2, 0.25) is 17.5 Å². The van der Waals surface area contributed by atoms with E-state index in [1.807, 2.05) is 6.92 Å². The van der Waals surface area contributed by atoms with E-state index in [1.165, 1.54) is 0 Å². The summed E-state index contributed by atoms with van der Waals surface area (Å²) in [4.78, 5) is 2.08. The fourth-order valence-electron chi connectivity index (χ4n) is 3.87. The van der Waals surface area contributed by atoms with Crippen molar-refractivity contribution in [3.05, 3.63) is 16.6 Å². The first-order valence-electron chi connectivity index (χ1n) is 7.32. The van der Waals surface area contributed by atoms with Gasteiger partial charge in [-0.25, -0.2) is 9.53 Å². The van der Waals surface area contributed by atoms with Crippen LogP contribution in [0.4, 0.5) is 0 Å². The van der Waals surface area contributed by atoms with Crippen molar-refractivity contribution >= 4 is 5.71 Å². The lowest BCUT2D eigenvalue weighted by Gasteiger charge is -2.34. The number of ether oxygens (including phenoxy) is 1. The van der Waals surface area contributed by atoms with Crippen LogP contribution in [0.3, 0.4) is 0 Å². The highest BCUT2D eigenvalue weighted by Gasteiger charge is 2.63. The Balaban J connectivity index is 1.77. The van der Waals surface area contributed by atoms with Crippen LogP contribution in [0.5, 0.6) is 0 Å². The molecule has 0 saturated carbocycles. The number of rotatable bonds is 1. The number of aliphatic hydroxyl groups is 1. The molecule has 1 aliphatic carbocycles. The lowest BCUT2D eigenvalue weighted by molar-refractivity contribution is -0.531. The van der Waals surface area contributed by atoms with Gasteiger partial charge in [0.05, 0.1) is 19.1 Å². The van der Waals surface area contributed by atoms with Gasteiger partial charge in [-0.1, -0.05) is 17.2 Å². The van der Waals surface area contributed by atoms with Crippen LogP contribution >= 0.6 is 0 Å². The molecular weight excluding hydrogens is 276 g/mol. The van der Waals surface area contributed by atoms with Crippen molar-refractivity contribution in [3.8, 4) is 0 Å². The summed E-state index contributed by atoms with van der Waals surface area (Å²) in [6.45, 7) is 4.51. The molecule has 1 aromatic rings. The van der Waals surface area contributed by atoms with E-state index in [2.05, 4.69) is 15.2 Å². The first kappa shape index (κ1) is 13.2. The van der Waals surface area contributed by atoms with Crippen LogP contribution in [0, 0.1) is 11.1 Å². The average molecular weight is 294 g/mol. The third-order valence-electron chi connectivity index (χ3n) is 4.99. The minimum absolute atomic E-state index is 0.297. The summed E-state index contributed by atoms with van der Waals surface area (Å²) in [5.41, 5.74) is 0.185. The maximum atomic E-state index is 12.7. The molecule has 0 spiro atoms. The molecule has 0 unspecified atom stereocenters. The molecule has 4 rings (SSSR count). The molecule has 3 heterocycles. The number of fused-ring (bicyclic) bond motifs is 3. The summed E-state index contributed by atoms with van der Waals surface area (Å²) >= 11 is 0. The summed E-state index contributed by atoms with van der Waals surface area (Å²) in [5.74, 6) is -0.297. The first-order chi connectivity index (χ1) is 10.1. The highest BCUT2D eigenvalue weighted by atomic mass is 16.6. The van der Waals surface area contributed by atoms with E-state index >= 15 is 0 Å². The van der Waals surface area contributed by atoms with Crippen LogP contribution in [0.1, 0.15) is 24.7 Å². The van der Waals surface area contributed by atoms with Crippen LogP contribution in [0.2, 0.25) is 0 Å². The summed E-state index contributed by atoms with van der Waals surface area (Å²) in [6.07, 6.45) is 0.681. The van der Waals surface area contributed by atoms with Gasteiger partial charge in [0.25, 0.3) is 0 Å². The molecule has 1 saturated heterocycles. The van der Waals surface area contributed by atoms with E-state index in [4.69, 9.17) is 9.37 Å². The molecular formula is C13H18N4O4. The highest BCUT2D eigenvalue weighted by molar-refractivity contribution is 5.92. The SMILES string of the molecule is C[C@@H]1[C@H](N2CCOCC2)[N+]([O-])=C2CCc3nonc3[C@@]21O. The highest BCUT2D eigenvalue weighted by Crippen LogP contribution is 2.44. The van der Waals surface area contributed by atoms with Crippen molar-refractivity contribution in [1.29, 1.82) is 0 Å². The van der Waals surface area contributed by atoms with Crippen LogP contribution < -0.4 is 0 Å². The third kappa shape index (κ3) is 1.63. The minimum Gasteiger partial charge on any atom is -0.623 e. The van der Waals surface area contributed by atoms with Gasteiger partial charge in [0.15, 0.2) is 5.69 Å². The van der Waals surface area contributed by atoms with Crippen LogP contribution in [0.15, 0.2) is 4.63 Å². The fourth-order valence-corrected chi connectivity index (χ4v) is 3.87. The van der Waals surface area contributed by atoms with E-state index < -0.39 is 11.8 Å². The normalized spacial score (nSPS) is 36.7. The largest absolute Gasteiger partial charge is 0.623 e. The van der Waals surface area contributed by atoms with Gasteiger partial charge in [0.1, 0.15) is 5.69 Å². The van der Waals surface area contributed by atoms with E-state index in [0.717, 1.165) is 4.74 Å². The Bertz CT molecular complexity index is 595. The molecule has 8 heteroatoms. The Hall–Kier alpha value is -1.51. The predicted molar refractivity (Wildman–Crippen MR) is 70.5 cm³/mol. The maximum Gasteiger partial charge on any atom is 0.226 e. The summed E-state index contributed by atoms with van der Waals surface area (Å²) < 4.78 is 11.1. The van der Waals surface area contributed by atoms with Gasteiger partial charge in [-0.15, -0.1) is 0 Å². The molecule has 0 bridgehead atoms. The number of morpholine rings is 1. The third-order valence-corrected chi connectivity index (χ3v) is 4.99. The van der Waals surface area contributed by atoms with Crippen molar-refractivity contribution < 1.29 is 19.2 Å². The second kappa shape index (κ2) is 4.49. The maximum absolute atomic E-state index is 12.7. The Morgan fingerprint density at radius 3 is 2.86 bits per heavy atom. The van der Waals surface area contributed by atoms with Crippen molar-refractivity contribution in [2.45, 2.75) is 31.5 Å². The van der Waals surface area contributed by atoms with Gasteiger partial charge in [0, 0.05) is 25.9 Å². The molecule has 3 atom stereocenters. The average Bonchev–Trinajstić information content (AvgIpc) is 3.04. The number of aromatic nitrogens is 2. The van der Waals surface area contributed by atoms with Gasteiger partial charge in [-0.05, 0) is 0 Å². The molecule has 0 amide bonds. The first-order valence-corrected chi connectivity index (χ1v) is 7.32. The lowest BCUT2D eigenvalue weighted by Crippen LogP contribution is -2.51. The zero-order chi connectivity index (χ0) is 14.6. The van der Waals surface area contributed by atoms with E-state index in [1.54, 1.807) is 0 Å². The molecule has 1 N–H and O–H groups in total. The zero-order valence-corrected chi connectivity index (χ0v) is 11.9. The van der Waals surface area contributed by atoms with Crippen molar-refractivity contribution in [2.75, 3.05) is 26.3 Å². The van der Waals surface area contributed by atoms with Crippen LogP contribution in [-0.2, 0) is 16.8 Å². The van der Waals surface area contributed by atoms with Gasteiger partial charge < -0.3 is 15.1 Å². The fraction of sp³-hybridized carbons (Fsp3) is 0.769. The summed E-state index contributed by atoms with van der Waals surface area (Å²) in [7, 11) is 0. The molecule has 21 heavy (non-hydrogen) atoms. The standard InChI is InChI=1S/C13H18N4O4/c1-8-12(16-4-6-20-7-5-16)17(19)10-3-2-9-11(13(8,10)18)15-21-14-9/h8,12,18H,2-7H2,1H3/t8-,12-,13+/m1/s1. The van der Waals surface area contributed by atoms with Crippen LogP contribution in [0.25, 0.3) is 0 Å². The number of hydroxylamine groups is 1. The molecule has 0 radical (unpaired) electrons. The smallest absolute Gasteiger partial charge is 0.226 e.